The summed E-state index contributed by atoms with van der Waals surface area (Å²) in [5.41, 5.74) is 4.52. The van der Waals surface area contributed by atoms with Crippen LogP contribution in [0.3, 0.4) is 0 Å². The topological polar surface area (TPSA) is 21.3 Å². The van der Waals surface area contributed by atoms with Crippen LogP contribution in [0.1, 0.15) is 28.3 Å². The van der Waals surface area contributed by atoms with Gasteiger partial charge in [0.2, 0.25) is 0 Å². The first-order valence-electron chi connectivity index (χ1n) is 6.76. The Morgan fingerprint density at radius 1 is 1.24 bits per heavy atom. The van der Waals surface area contributed by atoms with Crippen LogP contribution in [-0.4, -0.2) is 14.2 Å². The molecule has 1 N–H and O–H groups in total. The lowest BCUT2D eigenvalue weighted by Crippen LogP contribution is -2.20. The van der Waals surface area contributed by atoms with Crippen LogP contribution in [0.15, 0.2) is 34.8 Å². The molecule has 2 aromatic rings. The number of hydrogen-bond acceptors (Lipinski definition) is 2. The number of nitrogens with one attached hydrogen (secondary N) is 1. The maximum Gasteiger partial charge on any atom is 0.127 e. The number of hydrogen-bond donors (Lipinski definition) is 1. The maximum absolute atomic E-state index is 6.14. The summed E-state index contributed by atoms with van der Waals surface area (Å²) in [7, 11) is 3.66. The van der Waals surface area contributed by atoms with Gasteiger partial charge in [0, 0.05) is 15.1 Å². The Balaban J connectivity index is 2.67. The first-order valence-corrected chi connectivity index (χ1v) is 7.93. The van der Waals surface area contributed by atoms with Crippen LogP contribution in [0.25, 0.3) is 0 Å². The number of aryl methyl sites for hydroxylation is 1. The summed E-state index contributed by atoms with van der Waals surface area (Å²) in [4.78, 5) is 0. The van der Waals surface area contributed by atoms with Gasteiger partial charge < -0.3 is 10.1 Å². The minimum atomic E-state index is 0.0230. The van der Waals surface area contributed by atoms with Crippen molar-refractivity contribution in [2.24, 2.45) is 0 Å². The van der Waals surface area contributed by atoms with E-state index in [1.165, 1.54) is 0 Å². The SMILES string of the molecule is CNC(c1cccc(Cl)c1)c1c(C)c(Br)cc(C)c1OC. The molecule has 112 valence electrons. The van der Waals surface area contributed by atoms with Gasteiger partial charge in [-0.1, -0.05) is 39.7 Å². The molecule has 0 aliphatic carbocycles. The van der Waals surface area contributed by atoms with Crippen molar-refractivity contribution in [2.75, 3.05) is 14.2 Å². The minimum absolute atomic E-state index is 0.0230. The largest absolute Gasteiger partial charge is 0.496 e. The van der Waals surface area contributed by atoms with Crippen molar-refractivity contribution >= 4 is 27.5 Å². The van der Waals surface area contributed by atoms with E-state index in [1.807, 2.05) is 25.2 Å². The molecule has 2 rings (SSSR count). The minimum Gasteiger partial charge on any atom is -0.496 e. The molecular formula is C17H19BrClNO. The van der Waals surface area contributed by atoms with Gasteiger partial charge in [0.15, 0.2) is 0 Å². The predicted octanol–water partition coefficient (Wildman–Crippen LogP) is 5.04. The van der Waals surface area contributed by atoms with Crippen LogP contribution in [-0.2, 0) is 0 Å². The highest BCUT2D eigenvalue weighted by Gasteiger charge is 2.22. The summed E-state index contributed by atoms with van der Waals surface area (Å²) in [6, 6.07) is 10.0. The second kappa shape index (κ2) is 6.82. The lowest BCUT2D eigenvalue weighted by atomic mass is 9.92. The quantitative estimate of drug-likeness (QED) is 0.816. The van der Waals surface area contributed by atoms with E-state index in [0.29, 0.717) is 0 Å². The molecular weight excluding hydrogens is 350 g/mol. The van der Waals surface area contributed by atoms with Gasteiger partial charge in [-0.25, -0.2) is 0 Å². The normalized spacial score (nSPS) is 12.3. The smallest absolute Gasteiger partial charge is 0.127 e. The van der Waals surface area contributed by atoms with E-state index in [4.69, 9.17) is 16.3 Å². The molecule has 0 fully saturated rings. The van der Waals surface area contributed by atoms with E-state index < -0.39 is 0 Å². The average Bonchev–Trinajstić information content (AvgIpc) is 2.45. The number of methoxy groups -OCH3 is 1. The summed E-state index contributed by atoms with van der Waals surface area (Å²) >= 11 is 9.78. The number of benzene rings is 2. The van der Waals surface area contributed by atoms with Gasteiger partial charge >= 0.3 is 0 Å². The van der Waals surface area contributed by atoms with E-state index in [2.05, 4.69) is 47.2 Å². The van der Waals surface area contributed by atoms with Crippen LogP contribution < -0.4 is 10.1 Å². The molecule has 2 nitrogen and oxygen atoms in total. The predicted molar refractivity (Wildman–Crippen MR) is 92.5 cm³/mol. The van der Waals surface area contributed by atoms with Crippen molar-refractivity contribution in [1.82, 2.24) is 5.32 Å². The Kier molecular flexibility index (Phi) is 5.31. The zero-order chi connectivity index (χ0) is 15.6. The summed E-state index contributed by atoms with van der Waals surface area (Å²) in [6.45, 7) is 4.15. The van der Waals surface area contributed by atoms with Gasteiger partial charge in [-0.2, -0.15) is 0 Å². The van der Waals surface area contributed by atoms with Gasteiger partial charge in [-0.15, -0.1) is 0 Å². The molecule has 2 aromatic carbocycles. The monoisotopic (exact) mass is 367 g/mol. The highest BCUT2D eigenvalue weighted by Crippen LogP contribution is 2.39. The summed E-state index contributed by atoms with van der Waals surface area (Å²) in [5, 5.41) is 4.10. The molecule has 1 atom stereocenters. The van der Waals surface area contributed by atoms with Gasteiger partial charge in [0.1, 0.15) is 5.75 Å². The fourth-order valence-corrected chi connectivity index (χ4v) is 3.41. The molecule has 21 heavy (non-hydrogen) atoms. The van der Waals surface area contributed by atoms with Crippen molar-refractivity contribution in [3.8, 4) is 5.75 Å². The Morgan fingerprint density at radius 3 is 2.52 bits per heavy atom. The van der Waals surface area contributed by atoms with Crippen molar-refractivity contribution in [3.05, 3.63) is 62.1 Å². The standard InChI is InChI=1S/C17H19BrClNO/c1-10-8-14(18)11(2)15(17(10)21-4)16(20-3)12-6-5-7-13(19)9-12/h5-9,16,20H,1-4H3. The molecule has 0 saturated carbocycles. The molecule has 0 heterocycles. The molecule has 1 unspecified atom stereocenters. The number of rotatable bonds is 4. The second-order valence-electron chi connectivity index (χ2n) is 5.02. The molecule has 0 spiro atoms. The van der Waals surface area contributed by atoms with E-state index in [1.54, 1.807) is 7.11 Å². The fourth-order valence-electron chi connectivity index (χ4n) is 2.66. The second-order valence-corrected chi connectivity index (χ2v) is 6.31. The summed E-state index contributed by atoms with van der Waals surface area (Å²) in [6.07, 6.45) is 0. The van der Waals surface area contributed by atoms with Crippen LogP contribution in [0.2, 0.25) is 5.02 Å². The Morgan fingerprint density at radius 2 is 1.95 bits per heavy atom. The molecule has 0 aliphatic rings. The highest BCUT2D eigenvalue weighted by atomic mass is 79.9. The van der Waals surface area contributed by atoms with E-state index in [9.17, 15) is 0 Å². The molecule has 0 bridgehead atoms. The van der Waals surface area contributed by atoms with Crippen molar-refractivity contribution in [3.63, 3.8) is 0 Å². The Hall–Kier alpha value is -1.03. The summed E-state index contributed by atoms with van der Waals surface area (Å²) < 4.78 is 6.73. The Labute approximate surface area is 139 Å². The molecule has 0 aromatic heterocycles. The van der Waals surface area contributed by atoms with Gasteiger partial charge in [-0.3, -0.25) is 0 Å². The van der Waals surface area contributed by atoms with E-state index >= 15 is 0 Å². The molecule has 4 heteroatoms. The van der Waals surface area contributed by atoms with Crippen molar-refractivity contribution in [2.45, 2.75) is 19.9 Å². The van der Waals surface area contributed by atoms with Gasteiger partial charge in [0.25, 0.3) is 0 Å². The van der Waals surface area contributed by atoms with Gasteiger partial charge in [0.05, 0.1) is 13.2 Å². The third kappa shape index (κ3) is 3.25. The zero-order valence-corrected chi connectivity index (χ0v) is 15.0. The number of halogens is 2. The van der Waals surface area contributed by atoms with E-state index in [-0.39, 0.29) is 6.04 Å². The molecule has 0 amide bonds. The lowest BCUT2D eigenvalue weighted by molar-refractivity contribution is 0.401. The highest BCUT2D eigenvalue weighted by molar-refractivity contribution is 9.10. The first-order chi connectivity index (χ1) is 9.99. The van der Waals surface area contributed by atoms with Gasteiger partial charge in [-0.05, 0) is 55.8 Å². The summed E-state index contributed by atoms with van der Waals surface area (Å²) in [5.74, 6) is 0.912. The van der Waals surface area contributed by atoms with Crippen molar-refractivity contribution < 1.29 is 4.74 Å². The average molecular weight is 369 g/mol. The molecule has 0 radical (unpaired) electrons. The van der Waals surface area contributed by atoms with E-state index in [0.717, 1.165) is 37.5 Å². The zero-order valence-electron chi connectivity index (χ0n) is 12.6. The van der Waals surface area contributed by atoms with Crippen molar-refractivity contribution in [1.29, 1.82) is 0 Å². The molecule has 0 saturated heterocycles. The number of ether oxygens (including phenoxy) is 1. The Bertz CT molecular complexity index is 657. The van der Waals surface area contributed by atoms with Crippen LogP contribution in [0.4, 0.5) is 0 Å². The van der Waals surface area contributed by atoms with Crippen LogP contribution in [0, 0.1) is 13.8 Å². The van der Waals surface area contributed by atoms with Crippen LogP contribution >= 0.6 is 27.5 Å². The fraction of sp³-hybridized carbons (Fsp3) is 0.294. The lowest BCUT2D eigenvalue weighted by Gasteiger charge is -2.24. The third-order valence-electron chi connectivity index (χ3n) is 3.67. The third-order valence-corrected chi connectivity index (χ3v) is 4.73. The first kappa shape index (κ1) is 16.3. The molecule has 0 aliphatic heterocycles. The maximum atomic E-state index is 6.14. The van der Waals surface area contributed by atoms with Crippen LogP contribution in [0.5, 0.6) is 5.75 Å².